The number of benzene rings is 1. The number of likely N-dealkylation sites (tertiary alicyclic amines) is 2. The van der Waals surface area contributed by atoms with Gasteiger partial charge in [0.05, 0.1) is 11.4 Å². The predicted octanol–water partition coefficient (Wildman–Crippen LogP) is 3.94. The highest BCUT2D eigenvalue weighted by atomic mass is 19.1. The van der Waals surface area contributed by atoms with Crippen LogP contribution in [0.15, 0.2) is 36.5 Å². The molecule has 3 aliphatic rings. The SMILES string of the molecule is Nc1cc(CN2CCC(C(=O)N3CCC(Nc4ccc(F)cc4NCC4CC4)CC3)CC2)ccn1. The maximum Gasteiger partial charge on any atom is 0.225 e. The summed E-state index contributed by atoms with van der Waals surface area (Å²) in [6.45, 7) is 5.17. The maximum absolute atomic E-state index is 13.8. The van der Waals surface area contributed by atoms with Crippen LogP contribution in [0.25, 0.3) is 0 Å². The second-order valence-corrected chi connectivity index (χ2v) is 10.4. The first-order valence-corrected chi connectivity index (χ1v) is 13.0. The summed E-state index contributed by atoms with van der Waals surface area (Å²) in [6.07, 6.45) is 7.90. The van der Waals surface area contributed by atoms with Gasteiger partial charge < -0.3 is 21.3 Å². The topological polar surface area (TPSA) is 86.5 Å². The number of hydrogen-bond donors (Lipinski definition) is 3. The first-order chi connectivity index (χ1) is 17.0. The minimum Gasteiger partial charge on any atom is -0.384 e. The first kappa shape index (κ1) is 23.9. The number of nitrogen functional groups attached to an aromatic ring is 1. The van der Waals surface area contributed by atoms with Crippen LogP contribution in [0.5, 0.6) is 0 Å². The summed E-state index contributed by atoms with van der Waals surface area (Å²) in [5, 5.41) is 7.02. The van der Waals surface area contributed by atoms with Crippen molar-refractivity contribution in [1.29, 1.82) is 0 Å². The number of aromatic nitrogens is 1. The number of nitrogens with one attached hydrogen (secondary N) is 2. The monoisotopic (exact) mass is 480 g/mol. The Balaban J connectivity index is 1.07. The van der Waals surface area contributed by atoms with Gasteiger partial charge in [0.2, 0.25) is 5.91 Å². The van der Waals surface area contributed by atoms with Gasteiger partial charge in [0.15, 0.2) is 0 Å². The fourth-order valence-corrected chi connectivity index (χ4v) is 5.28. The molecule has 4 N–H and O–H groups in total. The smallest absolute Gasteiger partial charge is 0.225 e. The van der Waals surface area contributed by atoms with E-state index >= 15 is 0 Å². The van der Waals surface area contributed by atoms with Gasteiger partial charge in [-0.3, -0.25) is 9.69 Å². The number of carbonyl (C=O) groups is 1. The number of piperidine rings is 2. The van der Waals surface area contributed by atoms with E-state index in [0.717, 1.165) is 82.2 Å². The Morgan fingerprint density at radius 1 is 1.00 bits per heavy atom. The van der Waals surface area contributed by atoms with Crippen molar-refractivity contribution >= 4 is 23.1 Å². The number of amides is 1. The van der Waals surface area contributed by atoms with Crippen LogP contribution in [-0.2, 0) is 11.3 Å². The summed E-state index contributed by atoms with van der Waals surface area (Å²) in [6, 6.07) is 9.15. The average molecular weight is 481 g/mol. The van der Waals surface area contributed by atoms with Gasteiger partial charge in [-0.1, -0.05) is 0 Å². The van der Waals surface area contributed by atoms with Gasteiger partial charge in [-0.05, 0) is 93.4 Å². The van der Waals surface area contributed by atoms with E-state index in [0.29, 0.717) is 17.8 Å². The molecule has 1 saturated carbocycles. The highest BCUT2D eigenvalue weighted by molar-refractivity contribution is 5.79. The quantitative estimate of drug-likeness (QED) is 0.531. The molecule has 1 amide bonds. The van der Waals surface area contributed by atoms with Crippen LogP contribution in [0.2, 0.25) is 0 Å². The molecule has 5 rings (SSSR count). The van der Waals surface area contributed by atoms with Crippen LogP contribution < -0.4 is 16.4 Å². The Morgan fingerprint density at radius 3 is 2.49 bits per heavy atom. The van der Waals surface area contributed by atoms with Gasteiger partial charge in [-0.25, -0.2) is 9.37 Å². The Labute approximate surface area is 207 Å². The second kappa shape index (κ2) is 10.8. The molecular weight excluding hydrogens is 443 g/mol. The molecule has 0 radical (unpaired) electrons. The van der Waals surface area contributed by atoms with E-state index in [1.54, 1.807) is 12.3 Å². The van der Waals surface area contributed by atoms with Gasteiger partial charge in [-0.2, -0.15) is 0 Å². The lowest BCUT2D eigenvalue weighted by Crippen LogP contribution is -2.47. The molecule has 0 spiro atoms. The lowest BCUT2D eigenvalue weighted by molar-refractivity contribution is -0.138. The molecular formula is C27H37FN6O. The van der Waals surface area contributed by atoms with Gasteiger partial charge in [0.25, 0.3) is 0 Å². The van der Waals surface area contributed by atoms with E-state index in [9.17, 15) is 9.18 Å². The Hall–Kier alpha value is -2.87. The third-order valence-corrected chi connectivity index (χ3v) is 7.61. The zero-order chi connectivity index (χ0) is 24.2. The molecule has 2 aliphatic heterocycles. The van der Waals surface area contributed by atoms with Crippen LogP contribution in [0.4, 0.5) is 21.6 Å². The Kier molecular flexibility index (Phi) is 7.37. The van der Waals surface area contributed by atoms with Gasteiger partial charge in [0.1, 0.15) is 11.6 Å². The van der Waals surface area contributed by atoms with Crippen molar-refractivity contribution in [2.45, 2.75) is 51.1 Å². The summed E-state index contributed by atoms with van der Waals surface area (Å²) >= 11 is 0. The molecule has 3 heterocycles. The molecule has 8 heteroatoms. The Morgan fingerprint density at radius 2 is 1.77 bits per heavy atom. The zero-order valence-corrected chi connectivity index (χ0v) is 20.4. The van der Waals surface area contributed by atoms with E-state index in [4.69, 9.17) is 5.73 Å². The number of halogens is 1. The summed E-state index contributed by atoms with van der Waals surface area (Å²) in [7, 11) is 0. The van der Waals surface area contributed by atoms with E-state index in [1.807, 2.05) is 18.2 Å². The molecule has 0 unspecified atom stereocenters. The number of pyridine rings is 1. The minimum atomic E-state index is -0.217. The van der Waals surface area contributed by atoms with Crippen molar-refractivity contribution in [2.24, 2.45) is 11.8 Å². The molecule has 3 fully saturated rings. The molecule has 1 aliphatic carbocycles. The molecule has 35 heavy (non-hydrogen) atoms. The van der Waals surface area contributed by atoms with Crippen molar-refractivity contribution in [3.8, 4) is 0 Å². The maximum atomic E-state index is 13.8. The molecule has 2 saturated heterocycles. The molecule has 7 nitrogen and oxygen atoms in total. The van der Waals surface area contributed by atoms with Crippen LogP contribution in [0, 0.1) is 17.7 Å². The lowest BCUT2D eigenvalue weighted by atomic mass is 9.93. The number of carbonyl (C=O) groups excluding carboxylic acids is 1. The molecule has 1 aromatic carbocycles. The summed E-state index contributed by atoms with van der Waals surface area (Å²) in [5.74, 6) is 1.49. The minimum absolute atomic E-state index is 0.119. The van der Waals surface area contributed by atoms with E-state index in [-0.39, 0.29) is 11.7 Å². The molecule has 2 aromatic rings. The highest BCUT2D eigenvalue weighted by Crippen LogP contribution is 2.32. The predicted molar refractivity (Wildman–Crippen MR) is 137 cm³/mol. The van der Waals surface area contributed by atoms with Crippen molar-refractivity contribution in [3.05, 3.63) is 47.9 Å². The Bertz CT molecular complexity index is 1010. The van der Waals surface area contributed by atoms with Crippen LogP contribution in [0.1, 0.15) is 44.1 Å². The van der Waals surface area contributed by atoms with Gasteiger partial charge >= 0.3 is 0 Å². The third kappa shape index (κ3) is 6.42. The number of hydrogen-bond acceptors (Lipinski definition) is 6. The fraction of sp³-hybridized carbons (Fsp3) is 0.556. The molecule has 1 aromatic heterocycles. The molecule has 0 bridgehead atoms. The van der Waals surface area contributed by atoms with E-state index in [1.165, 1.54) is 24.5 Å². The average Bonchev–Trinajstić information content (AvgIpc) is 3.69. The summed E-state index contributed by atoms with van der Waals surface area (Å²) in [4.78, 5) is 21.7. The van der Waals surface area contributed by atoms with Crippen molar-refractivity contribution in [2.75, 3.05) is 49.1 Å². The summed E-state index contributed by atoms with van der Waals surface area (Å²) in [5.41, 5.74) is 8.77. The lowest BCUT2D eigenvalue weighted by Gasteiger charge is -2.37. The number of anilines is 3. The number of nitrogens with zero attached hydrogens (tertiary/aromatic N) is 3. The highest BCUT2D eigenvalue weighted by Gasteiger charge is 2.31. The van der Waals surface area contributed by atoms with Gasteiger partial charge in [-0.15, -0.1) is 0 Å². The van der Waals surface area contributed by atoms with Crippen molar-refractivity contribution < 1.29 is 9.18 Å². The summed E-state index contributed by atoms with van der Waals surface area (Å²) < 4.78 is 13.8. The third-order valence-electron chi connectivity index (χ3n) is 7.61. The van der Waals surface area contributed by atoms with Crippen LogP contribution in [0.3, 0.4) is 0 Å². The standard InChI is InChI=1S/C27H37FN6O/c28-22-3-4-24(25(16-22)31-17-19-1-2-19)32-23-8-13-34(14-9-23)27(35)21-6-11-33(12-7-21)18-20-5-10-30-26(29)15-20/h3-5,10,15-16,19,21,23,31-32H,1-2,6-9,11-14,17-18H2,(H2,29,30). The molecule has 188 valence electrons. The van der Waals surface area contributed by atoms with Crippen molar-refractivity contribution in [1.82, 2.24) is 14.8 Å². The molecule has 0 atom stereocenters. The zero-order valence-electron chi connectivity index (χ0n) is 20.4. The van der Waals surface area contributed by atoms with Crippen molar-refractivity contribution in [3.63, 3.8) is 0 Å². The van der Waals surface area contributed by atoms with Crippen LogP contribution >= 0.6 is 0 Å². The largest absolute Gasteiger partial charge is 0.384 e. The second-order valence-electron chi connectivity index (χ2n) is 10.4. The van der Waals surface area contributed by atoms with E-state index < -0.39 is 0 Å². The fourth-order valence-electron chi connectivity index (χ4n) is 5.28. The number of rotatable bonds is 8. The number of nitrogens with two attached hydrogens (primary N) is 1. The van der Waals surface area contributed by atoms with E-state index in [2.05, 4.69) is 25.4 Å². The van der Waals surface area contributed by atoms with Crippen LogP contribution in [-0.4, -0.2) is 59.5 Å². The first-order valence-electron chi connectivity index (χ1n) is 13.0. The van der Waals surface area contributed by atoms with Gasteiger partial charge in [0, 0.05) is 44.3 Å². The normalized spacial score (nSPS) is 20.1.